The molecular weight excluding hydrogens is 404 g/mol. The molecule has 0 aromatic carbocycles. The number of pyridine rings is 1. The van der Waals surface area contributed by atoms with E-state index in [0.717, 1.165) is 55.1 Å². The fourth-order valence-electron chi connectivity index (χ4n) is 4.64. The number of fused-ring (bicyclic) bond motifs is 3. The van der Waals surface area contributed by atoms with Gasteiger partial charge in [-0.15, -0.1) is 0 Å². The number of aromatic nitrogens is 4. The van der Waals surface area contributed by atoms with Gasteiger partial charge in [-0.2, -0.15) is 4.98 Å². The van der Waals surface area contributed by atoms with Crippen LogP contribution in [0, 0.1) is 5.41 Å². The second-order valence-electron chi connectivity index (χ2n) is 9.87. The molecule has 9 nitrogen and oxygen atoms in total. The van der Waals surface area contributed by atoms with Crippen molar-refractivity contribution in [2.75, 3.05) is 50.0 Å². The Morgan fingerprint density at radius 2 is 1.91 bits per heavy atom. The summed E-state index contributed by atoms with van der Waals surface area (Å²) in [5.41, 5.74) is 2.83. The van der Waals surface area contributed by atoms with Crippen molar-refractivity contribution < 1.29 is 5.11 Å². The lowest BCUT2D eigenvalue weighted by atomic mass is 9.85. The average Bonchev–Trinajstić information content (AvgIpc) is 3.16. The van der Waals surface area contributed by atoms with E-state index in [4.69, 9.17) is 4.98 Å². The minimum Gasteiger partial charge on any atom is -0.373 e. The van der Waals surface area contributed by atoms with E-state index in [1.54, 1.807) is 0 Å². The maximum Gasteiger partial charge on any atom is 0.230 e. The fourth-order valence-corrected chi connectivity index (χ4v) is 4.64. The van der Waals surface area contributed by atoms with Gasteiger partial charge in [0.1, 0.15) is 17.7 Å². The maximum atomic E-state index is 10.8. The molecule has 3 aromatic rings. The van der Waals surface area contributed by atoms with Crippen molar-refractivity contribution in [1.29, 1.82) is 0 Å². The summed E-state index contributed by atoms with van der Waals surface area (Å²) in [5.74, 6) is 1.21. The van der Waals surface area contributed by atoms with Crippen molar-refractivity contribution in [3.05, 3.63) is 36.3 Å². The number of likely N-dealkylation sites (N-methyl/N-ethyl adjacent to an activating group) is 1. The molecule has 0 spiro atoms. The molecule has 0 amide bonds. The van der Waals surface area contributed by atoms with Gasteiger partial charge in [-0.3, -0.25) is 4.90 Å². The summed E-state index contributed by atoms with van der Waals surface area (Å²) in [6.45, 7) is 11.4. The second-order valence-corrected chi connectivity index (χ2v) is 9.87. The van der Waals surface area contributed by atoms with Gasteiger partial charge in [0.25, 0.3) is 0 Å². The number of aliphatic hydroxyl groups excluding tert-OH is 1. The Kier molecular flexibility index (Phi) is 5.27. The van der Waals surface area contributed by atoms with Crippen molar-refractivity contribution in [3.63, 3.8) is 0 Å². The van der Waals surface area contributed by atoms with Crippen LogP contribution in [0.25, 0.3) is 11.0 Å². The first kappa shape index (κ1) is 21.1. The smallest absolute Gasteiger partial charge is 0.230 e. The first-order chi connectivity index (χ1) is 15.3. The Morgan fingerprint density at radius 3 is 2.59 bits per heavy atom. The van der Waals surface area contributed by atoms with E-state index < -0.39 is 6.23 Å². The van der Waals surface area contributed by atoms with E-state index in [0.29, 0.717) is 11.8 Å². The predicted molar refractivity (Wildman–Crippen MR) is 126 cm³/mol. The van der Waals surface area contributed by atoms with Gasteiger partial charge in [0, 0.05) is 44.3 Å². The number of nitrogens with one attached hydrogen (secondary N) is 2. The number of anilines is 3. The summed E-state index contributed by atoms with van der Waals surface area (Å²) in [4.78, 5) is 18.2. The summed E-state index contributed by atoms with van der Waals surface area (Å²) < 4.78 is 2.19. The number of aliphatic hydroxyl groups is 1. The number of nitrogens with zero attached hydrogens (tertiary/aromatic N) is 6. The molecule has 2 atom stereocenters. The molecule has 1 saturated heterocycles. The third kappa shape index (κ3) is 3.80. The monoisotopic (exact) mass is 436 g/mol. The zero-order chi connectivity index (χ0) is 22.5. The lowest BCUT2D eigenvalue weighted by Gasteiger charge is -2.42. The molecule has 3 aromatic heterocycles. The molecular formula is C23H32N8O. The van der Waals surface area contributed by atoms with Gasteiger partial charge in [0.15, 0.2) is 0 Å². The van der Waals surface area contributed by atoms with Crippen molar-refractivity contribution in [3.8, 4) is 0 Å². The highest BCUT2D eigenvalue weighted by molar-refractivity contribution is 5.78. The number of piperazine rings is 1. The number of rotatable bonds is 3. The van der Waals surface area contributed by atoms with E-state index in [1.165, 1.54) is 0 Å². The van der Waals surface area contributed by atoms with Crippen LogP contribution in [0.2, 0.25) is 0 Å². The summed E-state index contributed by atoms with van der Waals surface area (Å²) in [6, 6.07) is 6.23. The highest BCUT2D eigenvalue weighted by Crippen LogP contribution is 2.41. The molecule has 2 aliphatic rings. The van der Waals surface area contributed by atoms with Crippen molar-refractivity contribution in [2.24, 2.45) is 5.41 Å². The molecule has 1 unspecified atom stereocenters. The summed E-state index contributed by atoms with van der Waals surface area (Å²) in [7, 11) is 1.96. The minimum absolute atomic E-state index is 0.00893. The summed E-state index contributed by atoms with van der Waals surface area (Å²) in [6.07, 6.45) is 3.06. The predicted octanol–water partition coefficient (Wildman–Crippen LogP) is 2.50. The van der Waals surface area contributed by atoms with Crippen LogP contribution in [0.5, 0.6) is 0 Å². The average molecular weight is 437 g/mol. The van der Waals surface area contributed by atoms with E-state index >= 15 is 0 Å². The molecule has 2 aliphatic heterocycles. The minimum atomic E-state index is -0.654. The molecule has 0 bridgehead atoms. The molecule has 32 heavy (non-hydrogen) atoms. The third-order valence-corrected chi connectivity index (χ3v) is 6.53. The largest absolute Gasteiger partial charge is 0.373 e. The van der Waals surface area contributed by atoms with Gasteiger partial charge in [-0.25, -0.2) is 9.97 Å². The van der Waals surface area contributed by atoms with E-state index in [-0.39, 0.29) is 11.5 Å². The van der Waals surface area contributed by atoms with Crippen LogP contribution in [0.1, 0.15) is 38.7 Å². The highest BCUT2D eigenvalue weighted by Gasteiger charge is 2.38. The Balaban J connectivity index is 1.45. The normalized spacial score (nSPS) is 22.2. The SMILES string of the molecule is CN1C[C@H](C(C)(C)C)n2c(cc3cnc(Nc4ccc(N5CCNCC5)cn4)nc32)C1O. The standard InChI is InChI=1S/C23H32N8O/c1-23(2,3)18-14-29(4)21(32)17-11-15-12-26-22(28-20(15)31(17)18)27-19-6-5-16(13-25-19)30-9-7-24-8-10-30/h5-6,11-13,18,21,24,32H,7-10,14H2,1-4H3,(H,25,26,27,28)/t18-,21?/m1/s1. The third-order valence-electron chi connectivity index (χ3n) is 6.53. The maximum absolute atomic E-state index is 10.8. The Labute approximate surface area is 188 Å². The zero-order valence-electron chi connectivity index (χ0n) is 19.2. The fraction of sp³-hybridized carbons (Fsp3) is 0.522. The number of hydrogen-bond acceptors (Lipinski definition) is 8. The Morgan fingerprint density at radius 1 is 1.12 bits per heavy atom. The zero-order valence-corrected chi connectivity index (χ0v) is 19.2. The van der Waals surface area contributed by atoms with Crippen molar-refractivity contribution in [1.82, 2.24) is 29.7 Å². The second kappa shape index (κ2) is 7.99. The quantitative estimate of drug-likeness (QED) is 0.577. The Bertz CT molecular complexity index is 1100. The van der Waals surface area contributed by atoms with Gasteiger partial charge in [-0.05, 0) is 30.7 Å². The number of hydrogen-bond donors (Lipinski definition) is 3. The molecule has 0 saturated carbocycles. The van der Waals surface area contributed by atoms with Crippen LogP contribution in [-0.2, 0) is 0 Å². The van der Waals surface area contributed by atoms with Crippen molar-refractivity contribution in [2.45, 2.75) is 33.0 Å². The van der Waals surface area contributed by atoms with Crippen LogP contribution in [0.15, 0.2) is 30.6 Å². The molecule has 3 N–H and O–H groups in total. The van der Waals surface area contributed by atoms with Crippen LogP contribution in [0.3, 0.4) is 0 Å². The first-order valence-electron chi connectivity index (χ1n) is 11.3. The van der Waals surface area contributed by atoms with Crippen LogP contribution >= 0.6 is 0 Å². The summed E-state index contributed by atoms with van der Waals surface area (Å²) in [5, 5.41) is 18.3. The van der Waals surface area contributed by atoms with E-state index in [1.807, 2.05) is 36.5 Å². The van der Waals surface area contributed by atoms with Gasteiger partial charge in [0.2, 0.25) is 5.95 Å². The molecule has 0 aliphatic carbocycles. The van der Waals surface area contributed by atoms with Crippen LogP contribution < -0.4 is 15.5 Å². The highest BCUT2D eigenvalue weighted by atomic mass is 16.3. The first-order valence-corrected chi connectivity index (χ1v) is 11.3. The van der Waals surface area contributed by atoms with Crippen LogP contribution in [-0.4, -0.2) is 69.3 Å². The molecule has 5 heterocycles. The molecule has 5 rings (SSSR count). The topological polar surface area (TPSA) is 94.4 Å². The van der Waals surface area contributed by atoms with Gasteiger partial charge < -0.3 is 25.2 Å². The molecule has 9 heteroatoms. The van der Waals surface area contributed by atoms with Crippen molar-refractivity contribution >= 4 is 28.5 Å². The van der Waals surface area contributed by atoms with Crippen LogP contribution in [0.4, 0.5) is 17.5 Å². The Hall–Kier alpha value is -2.75. The lowest BCUT2D eigenvalue weighted by Crippen LogP contribution is -2.43. The van der Waals surface area contributed by atoms with E-state index in [9.17, 15) is 5.11 Å². The summed E-state index contributed by atoms with van der Waals surface area (Å²) >= 11 is 0. The van der Waals surface area contributed by atoms with E-state index in [2.05, 4.69) is 56.9 Å². The molecule has 0 radical (unpaired) electrons. The lowest BCUT2D eigenvalue weighted by molar-refractivity contribution is -0.0285. The molecule has 170 valence electrons. The van der Waals surface area contributed by atoms with Gasteiger partial charge in [-0.1, -0.05) is 20.8 Å². The van der Waals surface area contributed by atoms with Gasteiger partial charge in [0.05, 0.1) is 23.6 Å². The van der Waals surface area contributed by atoms with Gasteiger partial charge >= 0.3 is 0 Å². The molecule has 1 fully saturated rings.